The van der Waals surface area contributed by atoms with E-state index >= 15 is 0 Å². The summed E-state index contributed by atoms with van der Waals surface area (Å²) in [7, 11) is 5.75. The van der Waals surface area contributed by atoms with Crippen molar-refractivity contribution in [3.05, 3.63) is 77.9 Å². The van der Waals surface area contributed by atoms with Gasteiger partial charge < -0.3 is 19.3 Å². The van der Waals surface area contributed by atoms with E-state index in [4.69, 9.17) is 9.47 Å². The average Bonchev–Trinajstić information content (AvgIpc) is 2.87. The van der Waals surface area contributed by atoms with Crippen LogP contribution < -0.4 is 9.47 Å². The number of ether oxygens (including phenoxy) is 2. The first-order valence-electron chi connectivity index (χ1n) is 12.6. The molecule has 1 aliphatic carbocycles. The Hall–Kier alpha value is -3.05. The van der Waals surface area contributed by atoms with Crippen molar-refractivity contribution in [2.75, 3.05) is 34.3 Å². The molecular weight excluding hydrogens is 436 g/mol. The number of likely N-dealkylation sites (N-methyl/N-ethyl adjacent to an activating group) is 1. The van der Waals surface area contributed by atoms with Crippen LogP contribution in [0.15, 0.2) is 66.8 Å². The highest BCUT2D eigenvalue weighted by molar-refractivity contribution is 5.88. The second kappa shape index (κ2) is 13.7. The van der Waals surface area contributed by atoms with E-state index in [-0.39, 0.29) is 5.91 Å². The van der Waals surface area contributed by atoms with Crippen LogP contribution >= 0.6 is 0 Å². The Bertz CT molecular complexity index is 976. The van der Waals surface area contributed by atoms with Gasteiger partial charge in [-0.05, 0) is 69.0 Å². The van der Waals surface area contributed by atoms with Crippen molar-refractivity contribution in [3.8, 4) is 11.5 Å². The molecule has 1 saturated carbocycles. The Morgan fingerprint density at radius 3 is 2.40 bits per heavy atom. The Morgan fingerprint density at radius 2 is 1.71 bits per heavy atom. The molecular formula is C30H40N2O3. The number of carbonyl (C=O) groups is 1. The number of carbonyl (C=O) groups excluding carboxylic acids is 1. The molecule has 3 rings (SSSR count). The lowest BCUT2D eigenvalue weighted by Crippen LogP contribution is -2.44. The van der Waals surface area contributed by atoms with Crippen molar-refractivity contribution in [1.82, 2.24) is 9.80 Å². The molecule has 0 saturated heterocycles. The second-order valence-corrected chi connectivity index (χ2v) is 9.65. The van der Waals surface area contributed by atoms with Gasteiger partial charge in [0.2, 0.25) is 5.91 Å². The van der Waals surface area contributed by atoms with E-state index in [1.807, 2.05) is 66.8 Å². The van der Waals surface area contributed by atoms with Gasteiger partial charge in [-0.2, -0.15) is 0 Å². The molecule has 0 spiro atoms. The molecule has 0 bridgehead atoms. The molecule has 0 radical (unpaired) electrons. The minimum absolute atomic E-state index is 0.0956. The molecule has 1 fully saturated rings. The van der Waals surface area contributed by atoms with Crippen molar-refractivity contribution < 1.29 is 14.3 Å². The minimum atomic E-state index is 0.0956. The molecule has 1 amide bonds. The van der Waals surface area contributed by atoms with Gasteiger partial charge >= 0.3 is 0 Å². The van der Waals surface area contributed by atoms with E-state index in [0.29, 0.717) is 24.1 Å². The molecule has 0 unspecified atom stereocenters. The van der Waals surface area contributed by atoms with Gasteiger partial charge in [-0.3, -0.25) is 4.79 Å². The largest absolute Gasteiger partial charge is 0.493 e. The third-order valence-corrected chi connectivity index (χ3v) is 6.56. The molecule has 0 aliphatic heterocycles. The molecule has 35 heavy (non-hydrogen) atoms. The van der Waals surface area contributed by atoms with Crippen LogP contribution in [-0.2, 0) is 11.4 Å². The number of rotatable bonds is 11. The molecule has 2 aromatic carbocycles. The van der Waals surface area contributed by atoms with Gasteiger partial charge in [-0.25, -0.2) is 0 Å². The second-order valence-electron chi connectivity index (χ2n) is 9.65. The molecule has 5 heteroatoms. The number of allylic oxidation sites excluding steroid dienone is 2. The molecule has 5 nitrogen and oxygen atoms in total. The van der Waals surface area contributed by atoms with Gasteiger partial charge in [-0.1, -0.05) is 61.5 Å². The maximum absolute atomic E-state index is 13.0. The Balaban J connectivity index is 1.60. The van der Waals surface area contributed by atoms with Crippen molar-refractivity contribution in [1.29, 1.82) is 0 Å². The molecule has 188 valence electrons. The predicted octanol–water partition coefficient (Wildman–Crippen LogP) is 5.81. The van der Waals surface area contributed by atoms with Gasteiger partial charge in [0.15, 0.2) is 11.5 Å². The van der Waals surface area contributed by atoms with E-state index in [9.17, 15) is 4.79 Å². The summed E-state index contributed by atoms with van der Waals surface area (Å²) in [5.41, 5.74) is 2.09. The minimum Gasteiger partial charge on any atom is -0.493 e. The summed E-state index contributed by atoms with van der Waals surface area (Å²) >= 11 is 0. The fourth-order valence-corrected chi connectivity index (χ4v) is 4.38. The number of hydrogen-bond donors (Lipinski definition) is 0. The quantitative estimate of drug-likeness (QED) is 0.303. The van der Waals surface area contributed by atoms with E-state index in [1.165, 1.54) is 12.8 Å². The summed E-state index contributed by atoms with van der Waals surface area (Å²) in [6.07, 6.45) is 12.0. The monoisotopic (exact) mass is 476 g/mol. The molecule has 0 atom stereocenters. The number of nitrogens with zero attached hydrogens (tertiary/aromatic N) is 2. The number of hydrogen-bond acceptors (Lipinski definition) is 4. The van der Waals surface area contributed by atoms with Crippen LogP contribution in [0.3, 0.4) is 0 Å². The summed E-state index contributed by atoms with van der Waals surface area (Å²) in [4.78, 5) is 17.2. The molecule has 0 heterocycles. The van der Waals surface area contributed by atoms with E-state index in [1.54, 1.807) is 13.2 Å². The van der Waals surface area contributed by atoms with Crippen LogP contribution in [0.5, 0.6) is 11.5 Å². The zero-order chi connectivity index (χ0) is 25.0. The Kier molecular flexibility index (Phi) is 10.4. The van der Waals surface area contributed by atoms with Crippen molar-refractivity contribution in [3.63, 3.8) is 0 Å². The molecule has 2 aromatic rings. The van der Waals surface area contributed by atoms with Gasteiger partial charge in [-0.15, -0.1) is 0 Å². The maximum atomic E-state index is 13.0. The first-order valence-corrected chi connectivity index (χ1v) is 12.6. The third-order valence-electron chi connectivity index (χ3n) is 6.56. The highest BCUT2D eigenvalue weighted by Crippen LogP contribution is 2.30. The summed E-state index contributed by atoms with van der Waals surface area (Å²) in [5, 5.41) is 0. The summed E-state index contributed by atoms with van der Waals surface area (Å²) < 4.78 is 11.5. The zero-order valence-corrected chi connectivity index (χ0v) is 21.7. The highest BCUT2D eigenvalue weighted by Gasteiger charge is 2.26. The van der Waals surface area contributed by atoms with Crippen LogP contribution in [0, 0.1) is 5.92 Å². The van der Waals surface area contributed by atoms with Crippen LogP contribution in [0.1, 0.15) is 43.7 Å². The molecule has 0 N–H and O–H groups in total. The fraction of sp³-hybridized carbons (Fsp3) is 0.433. The first kappa shape index (κ1) is 26.6. The van der Waals surface area contributed by atoms with Gasteiger partial charge in [0, 0.05) is 25.2 Å². The number of methoxy groups -OCH3 is 1. The maximum Gasteiger partial charge on any atom is 0.246 e. The molecule has 1 aliphatic rings. The normalized spacial score (nSPS) is 18.3. The van der Waals surface area contributed by atoms with E-state index < -0.39 is 0 Å². The highest BCUT2D eigenvalue weighted by atomic mass is 16.5. The van der Waals surface area contributed by atoms with E-state index in [0.717, 1.165) is 43.0 Å². The summed E-state index contributed by atoms with van der Waals surface area (Å²) in [6.45, 7) is 4.44. The Morgan fingerprint density at radius 1 is 0.971 bits per heavy atom. The summed E-state index contributed by atoms with van der Waals surface area (Å²) in [5.74, 6) is 2.25. The van der Waals surface area contributed by atoms with Gasteiger partial charge in [0.05, 0.1) is 7.11 Å². The topological polar surface area (TPSA) is 42.0 Å². The zero-order valence-electron chi connectivity index (χ0n) is 21.7. The van der Waals surface area contributed by atoms with Gasteiger partial charge in [0.1, 0.15) is 6.61 Å². The van der Waals surface area contributed by atoms with E-state index in [2.05, 4.69) is 30.8 Å². The molecule has 0 aromatic heterocycles. The van der Waals surface area contributed by atoms with Gasteiger partial charge in [0.25, 0.3) is 0 Å². The van der Waals surface area contributed by atoms with Crippen molar-refractivity contribution >= 4 is 12.0 Å². The lowest BCUT2D eigenvalue weighted by molar-refractivity contribution is -0.129. The Labute approximate surface area is 211 Å². The average molecular weight is 477 g/mol. The lowest BCUT2D eigenvalue weighted by Gasteiger charge is -2.36. The standard InChI is InChI=1S/C30H40N2O3/c1-24-14-17-27(18-15-24)32(21-20-31(2)3)30(33)13-9-8-10-25-16-19-28(29(22-25)34-4)35-23-26-11-6-5-7-12-26/h5-13,16,19,22,24,27H,14-15,17-18,20-21,23H2,1-4H3. The number of benzene rings is 2. The van der Waals surface area contributed by atoms with Crippen LogP contribution in [0.25, 0.3) is 6.08 Å². The van der Waals surface area contributed by atoms with Crippen molar-refractivity contribution in [2.24, 2.45) is 5.92 Å². The first-order chi connectivity index (χ1) is 17.0. The lowest BCUT2D eigenvalue weighted by atomic mass is 9.86. The third kappa shape index (κ3) is 8.59. The van der Waals surface area contributed by atoms with Crippen LogP contribution in [0.4, 0.5) is 0 Å². The predicted molar refractivity (Wildman–Crippen MR) is 144 cm³/mol. The van der Waals surface area contributed by atoms with Crippen molar-refractivity contribution in [2.45, 2.75) is 45.3 Å². The number of amides is 1. The van der Waals surface area contributed by atoms with Crippen LogP contribution in [0.2, 0.25) is 0 Å². The smallest absolute Gasteiger partial charge is 0.246 e. The fourth-order valence-electron chi connectivity index (χ4n) is 4.38. The SMILES string of the molecule is COc1cc(C=CC=CC(=O)N(CCN(C)C)C2CCC(C)CC2)ccc1OCc1ccccc1. The van der Waals surface area contributed by atoms with Crippen LogP contribution in [-0.4, -0.2) is 56.0 Å². The summed E-state index contributed by atoms with van der Waals surface area (Å²) in [6, 6.07) is 16.3.